The number of morpholine rings is 1. The number of nitrogens with one attached hydrogen (secondary N) is 1. The van der Waals surface area contributed by atoms with E-state index in [2.05, 4.69) is 5.32 Å². The Morgan fingerprint density at radius 1 is 1.30 bits per heavy atom. The molecule has 1 aromatic carbocycles. The van der Waals surface area contributed by atoms with Crippen molar-refractivity contribution in [1.29, 1.82) is 0 Å². The average molecular weight is 335 g/mol. The fraction of sp³-hybridized carbons (Fsp3) is 0.286. The van der Waals surface area contributed by atoms with Crippen molar-refractivity contribution in [3.63, 3.8) is 0 Å². The average Bonchev–Trinajstić information content (AvgIpc) is 2.85. The summed E-state index contributed by atoms with van der Waals surface area (Å²) in [5.74, 6) is 0. The lowest BCUT2D eigenvalue weighted by molar-refractivity contribution is -0.384. The van der Waals surface area contributed by atoms with Gasteiger partial charge >= 0.3 is 0 Å². The van der Waals surface area contributed by atoms with Gasteiger partial charge in [-0.15, -0.1) is 0 Å². The number of rotatable bonds is 3. The van der Waals surface area contributed by atoms with E-state index in [-0.39, 0.29) is 11.4 Å². The zero-order chi connectivity index (χ0) is 16.4. The summed E-state index contributed by atoms with van der Waals surface area (Å²) in [6.07, 6.45) is 1.48. The van der Waals surface area contributed by atoms with Gasteiger partial charge in [0.25, 0.3) is 10.9 Å². The molecule has 0 saturated carbocycles. The van der Waals surface area contributed by atoms with Crippen molar-refractivity contribution in [3.05, 3.63) is 39.6 Å². The lowest BCUT2D eigenvalue weighted by Crippen LogP contribution is -2.36. The Balaban J connectivity index is 2.02. The van der Waals surface area contributed by atoms with Gasteiger partial charge in [-0.05, 0) is 12.1 Å². The summed E-state index contributed by atoms with van der Waals surface area (Å²) in [5.41, 5.74) is 1.35. The Morgan fingerprint density at radius 3 is 2.65 bits per heavy atom. The molecule has 1 amide bonds. The van der Waals surface area contributed by atoms with E-state index in [1.807, 2.05) is 4.90 Å². The van der Waals surface area contributed by atoms with Crippen LogP contribution >= 0.6 is 11.8 Å². The van der Waals surface area contributed by atoms with Crippen LogP contribution in [0, 0.1) is 10.1 Å². The molecule has 0 spiro atoms. The van der Waals surface area contributed by atoms with Gasteiger partial charge < -0.3 is 15.0 Å². The molecule has 0 atom stereocenters. The Hall–Kier alpha value is -2.39. The van der Waals surface area contributed by atoms with Crippen LogP contribution in [0.2, 0.25) is 0 Å². The van der Waals surface area contributed by atoms with Crippen LogP contribution in [0.5, 0.6) is 0 Å². The number of nitrogens with zero attached hydrogens (tertiary/aromatic N) is 2. The second-order valence-corrected chi connectivity index (χ2v) is 5.91. The Kier molecular flexibility index (Phi) is 4.30. The van der Waals surface area contributed by atoms with Crippen LogP contribution in [0.15, 0.2) is 23.9 Å². The molecule has 0 unspecified atom stereocenters. The van der Waals surface area contributed by atoms with Gasteiger partial charge in [-0.25, -0.2) is 0 Å². The molecular weight excluding hydrogens is 322 g/mol. The molecule has 0 aliphatic carbocycles. The first-order valence-electron chi connectivity index (χ1n) is 6.90. The predicted octanol–water partition coefficient (Wildman–Crippen LogP) is 1.76. The van der Waals surface area contributed by atoms with E-state index in [0.717, 1.165) is 5.69 Å². The predicted molar refractivity (Wildman–Crippen MR) is 85.2 cm³/mol. The number of carbonyl (C=O) groups excluding carboxylic acids is 2. The number of carbonyl (C=O) groups is 2. The number of nitro benzene ring substituents is 1. The summed E-state index contributed by atoms with van der Waals surface area (Å²) in [6.45, 7) is 2.45. The number of anilines is 1. The minimum Gasteiger partial charge on any atom is -0.378 e. The summed E-state index contributed by atoms with van der Waals surface area (Å²) in [6, 6.07) is 4.49. The smallest absolute Gasteiger partial charge is 0.291 e. The van der Waals surface area contributed by atoms with Gasteiger partial charge in [0, 0.05) is 48.2 Å². The molecule has 2 saturated heterocycles. The molecule has 8 nitrogen and oxygen atoms in total. The maximum Gasteiger partial charge on any atom is 0.291 e. The lowest BCUT2D eigenvalue weighted by atomic mass is 10.1. The Labute approximate surface area is 135 Å². The van der Waals surface area contributed by atoms with Crippen molar-refractivity contribution in [3.8, 4) is 0 Å². The second-order valence-electron chi connectivity index (χ2n) is 4.96. The third-order valence-electron chi connectivity index (χ3n) is 3.52. The van der Waals surface area contributed by atoms with E-state index < -0.39 is 15.3 Å². The maximum atomic E-state index is 11.7. The van der Waals surface area contributed by atoms with E-state index in [9.17, 15) is 19.7 Å². The first-order valence-corrected chi connectivity index (χ1v) is 7.72. The minimum atomic E-state index is -0.491. The zero-order valence-electron chi connectivity index (χ0n) is 12.0. The molecule has 0 aromatic heterocycles. The minimum absolute atomic E-state index is 0.0710. The number of hydrogen-bond donors (Lipinski definition) is 1. The Morgan fingerprint density at radius 2 is 2.04 bits per heavy atom. The summed E-state index contributed by atoms with van der Waals surface area (Å²) in [4.78, 5) is 35.6. The van der Waals surface area contributed by atoms with Crippen LogP contribution in [0.25, 0.3) is 6.08 Å². The fourth-order valence-corrected chi connectivity index (χ4v) is 2.99. The molecule has 9 heteroatoms. The van der Waals surface area contributed by atoms with Crippen molar-refractivity contribution in [2.24, 2.45) is 0 Å². The fourth-order valence-electron chi connectivity index (χ4n) is 2.44. The van der Waals surface area contributed by atoms with Crippen molar-refractivity contribution < 1.29 is 19.2 Å². The third-order valence-corrected chi connectivity index (χ3v) is 4.21. The first kappa shape index (κ1) is 15.5. The van der Waals surface area contributed by atoms with Crippen molar-refractivity contribution in [2.75, 3.05) is 31.2 Å². The Bertz CT molecular complexity index is 712. The van der Waals surface area contributed by atoms with E-state index in [1.165, 1.54) is 18.2 Å². The molecule has 120 valence electrons. The van der Waals surface area contributed by atoms with Crippen LogP contribution < -0.4 is 10.2 Å². The molecule has 0 radical (unpaired) electrons. The number of benzene rings is 1. The van der Waals surface area contributed by atoms with Gasteiger partial charge in [0.2, 0.25) is 5.12 Å². The maximum absolute atomic E-state index is 11.7. The normalized spacial score (nSPS) is 20.0. The van der Waals surface area contributed by atoms with Gasteiger partial charge in [-0.1, -0.05) is 0 Å². The van der Waals surface area contributed by atoms with Gasteiger partial charge in [-0.3, -0.25) is 19.7 Å². The third kappa shape index (κ3) is 3.35. The molecule has 0 bridgehead atoms. The summed E-state index contributed by atoms with van der Waals surface area (Å²) in [5, 5.41) is 12.6. The highest BCUT2D eigenvalue weighted by atomic mass is 32.2. The molecule has 1 N–H and O–H groups in total. The number of non-ortho nitro benzene ring substituents is 1. The number of amides is 1. The van der Waals surface area contributed by atoms with Gasteiger partial charge in [-0.2, -0.15) is 0 Å². The van der Waals surface area contributed by atoms with E-state index >= 15 is 0 Å². The molecule has 2 fully saturated rings. The quantitative estimate of drug-likeness (QED) is 0.510. The van der Waals surface area contributed by atoms with Crippen LogP contribution in [0.4, 0.5) is 16.2 Å². The number of ether oxygens (including phenoxy) is 1. The molecule has 23 heavy (non-hydrogen) atoms. The highest BCUT2D eigenvalue weighted by molar-refractivity contribution is 8.27. The van der Waals surface area contributed by atoms with Crippen LogP contribution in [0.3, 0.4) is 0 Å². The van der Waals surface area contributed by atoms with Crippen LogP contribution in [-0.4, -0.2) is 41.6 Å². The molecule has 3 rings (SSSR count). The zero-order valence-corrected chi connectivity index (χ0v) is 12.8. The number of hydrogen-bond acceptors (Lipinski definition) is 7. The van der Waals surface area contributed by atoms with Gasteiger partial charge in [0.1, 0.15) is 0 Å². The van der Waals surface area contributed by atoms with Gasteiger partial charge in [0.15, 0.2) is 0 Å². The molecule has 2 heterocycles. The molecular formula is C14H13N3O5S. The summed E-state index contributed by atoms with van der Waals surface area (Å²) < 4.78 is 5.31. The highest BCUT2D eigenvalue weighted by Crippen LogP contribution is 2.30. The number of nitro groups is 1. The monoisotopic (exact) mass is 335 g/mol. The summed E-state index contributed by atoms with van der Waals surface area (Å²) >= 11 is 0.575. The number of thioether (sulfide) groups is 1. The topological polar surface area (TPSA) is 102 Å². The van der Waals surface area contributed by atoms with E-state index in [0.29, 0.717) is 43.6 Å². The molecule has 2 aliphatic rings. The van der Waals surface area contributed by atoms with Crippen LogP contribution in [0.1, 0.15) is 5.56 Å². The SMILES string of the molecule is O=C1NC(=Cc2cc([N+](=O)[O-])ccc2N2CCOCC2)C(=O)S1. The lowest BCUT2D eigenvalue weighted by Gasteiger charge is -2.30. The highest BCUT2D eigenvalue weighted by Gasteiger charge is 2.26. The van der Waals surface area contributed by atoms with Crippen LogP contribution in [-0.2, 0) is 9.53 Å². The summed E-state index contributed by atoms with van der Waals surface area (Å²) in [7, 11) is 0. The van der Waals surface area contributed by atoms with Gasteiger partial charge in [0.05, 0.1) is 23.8 Å². The molecule has 1 aromatic rings. The van der Waals surface area contributed by atoms with E-state index in [1.54, 1.807) is 6.07 Å². The largest absolute Gasteiger partial charge is 0.378 e. The molecule has 2 aliphatic heterocycles. The van der Waals surface area contributed by atoms with Crippen molar-refractivity contribution in [1.82, 2.24) is 5.32 Å². The van der Waals surface area contributed by atoms with Crippen molar-refractivity contribution in [2.45, 2.75) is 0 Å². The first-order chi connectivity index (χ1) is 11.0. The second kappa shape index (κ2) is 6.39. The standard InChI is InChI=1S/C14H13N3O5S/c18-13-11(15-14(19)23-13)8-9-7-10(17(20)21)1-2-12(9)16-3-5-22-6-4-16/h1-2,7-8H,3-6H2,(H,15,19). The van der Waals surface area contributed by atoms with Crippen molar-refractivity contribution >= 4 is 39.6 Å². The van der Waals surface area contributed by atoms with E-state index in [4.69, 9.17) is 4.74 Å².